The van der Waals surface area contributed by atoms with Crippen LogP contribution in [0.2, 0.25) is 0 Å². The number of amides is 2. The first-order valence-corrected chi connectivity index (χ1v) is 13.7. The highest BCUT2D eigenvalue weighted by Crippen LogP contribution is 2.30. The quantitative estimate of drug-likeness (QED) is 0.158. The average molecular weight is 621 g/mol. The Hall–Kier alpha value is -5.10. The van der Waals surface area contributed by atoms with Crippen molar-refractivity contribution in [3.8, 4) is 16.6 Å². The van der Waals surface area contributed by atoms with Crippen molar-refractivity contribution < 1.29 is 28.6 Å². The molecule has 1 aromatic heterocycles. The van der Waals surface area contributed by atoms with Crippen molar-refractivity contribution in [2.75, 3.05) is 27.7 Å². The van der Waals surface area contributed by atoms with Crippen LogP contribution in [0.5, 0.6) is 0 Å². The Morgan fingerprint density at radius 1 is 1.12 bits per heavy atom. The van der Waals surface area contributed by atoms with E-state index >= 15 is 0 Å². The molecule has 0 bridgehead atoms. The summed E-state index contributed by atoms with van der Waals surface area (Å²) in [7, 11) is 5.30. The molecule has 43 heavy (non-hydrogen) atoms. The molecule has 2 aromatic carbocycles. The number of quaternary nitrogens is 1. The predicted molar refractivity (Wildman–Crippen MR) is 157 cm³/mol. The number of aromatic nitrogens is 1. The zero-order chi connectivity index (χ0) is 31.5. The Bertz CT molecular complexity index is 1770. The molecule has 0 radical (unpaired) electrons. The number of fused-ring (bicyclic) bond motifs is 1. The number of nitro benzene ring substituents is 1. The second-order valence-electron chi connectivity index (χ2n) is 10.3. The largest absolute Gasteiger partial charge is 0.323 e. The van der Waals surface area contributed by atoms with E-state index in [1.54, 1.807) is 33.3 Å². The zero-order valence-electron chi connectivity index (χ0n) is 23.0. The van der Waals surface area contributed by atoms with Gasteiger partial charge in [0.05, 0.1) is 37.8 Å². The van der Waals surface area contributed by atoms with E-state index in [4.69, 9.17) is 11.6 Å². The number of ketones is 2. The number of Topliss-reactive ketones (excluding diaryl/α,β-unsaturated/α-hetero) is 2. The summed E-state index contributed by atoms with van der Waals surface area (Å²) in [5.74, 6) is -4.46. The Balaban J connectivity index is 1.69. The molecule has 13 nitrogen and oxygen atoms in total. The van der Waals surface area contributed by atoms with E-state index in [0.29, 0.717) is 10.6 Å². The number of allylic oxidation sites excluding steroid dienone is 2. The van der Waals surface area contributed by atoms with Gasteiger partial charge in [-0.3, -0.25) is 29.3 Å². The summed E-state index contributed by atoms with van der Waals surface area (Å²) in [4.78, 5) is 66.9. The van der Waals surface area contributed by atoms with Crippen LogP contribution < -0.4 is 10.7 Å². The van der Waals surface area contributed by atoms with Gasteiger partial charge in [0.15, 0.2) is 6.54 Å². The fraction of sp³-hybridized carbons (Fsp3) is 0.179. The minimum atomic E-state index is -1.44. The molecule has 2 N–H and O–H groups in total. The van der Waals surface area contributed by atoms with Crippen LogP contribution in [0.4, 0.5) is 5.69 Å². The van der Waals surface area contributed by atoms with Crippen molar-refractivity contribution in [3.63, 3.8) is 0 Å². The van der Waals surface area contributed by atoms with Gasteiger partial charge in [-0.25, -0.2) is 10.4 Å². The van der Waals surface area contributed by atoms with Gasteiger partial charge in [-0.05, 0) is 12.1 Å². The summed E-state index contributed by atoms with van der Waals surface area (Å²) in [6.45, 7) is -0.0165. The van der Waals surface area contributed by atoms with Gasteiger partial charge in [-0.1, -0.05) is 35.9 Å². The minimum absolute atomic E-state index is 0.0165. The van der Waals surface area contributed by atoms with Crippen molar-refractivity contribution in [3.05, 3.63) is 91.6 Å². The maximum Gasteiger partial charge on any atom is 0.295 e. The number of hydrogen-bond donors (Lipinski definition) is 2. The number of nitrogens with zero attached hydrogens (tertiary/aromatic N) is 5. The number of nitro groups is 1. The number of hydrogen-bond acceptors (Lipinski definition) is 10. The third-order valence-electron chi connectivity index (χ3n) is 6.00. The number of benzene rings is 2. The number of carbonyl (C=O) groups excluding carboxylic acids is 4. The number of halogens is 1. The van der Waals surface area contributed by atoms with Crippen LogP contribution in [0.25, 0.3) is 10.6 Å². The van der Waals surface area contributed by atoms with E-state index in [2.05, 4.69) is 20.8 Å². The molecular formula is C28H23ClN7O6S+. The lowest BCUT2D eigenvalue weighted by molar-refractivity contribution is -0.862. The fourth-order valence-electron chi connectivity index (χ4n) is 4.01. The van der Waals surface area contributed by atoms with E-state index in [9.17, 15) is 34.6 Å². The van der Waals surface area contributed by atoms with Gasteiger partial charge in [0.2, 0.25) is 11.6 Å². The van der Waals surface area contributed by atoms with Gasteiger partial charge in [-0.15, -0.1) is 11.3 Å². The Morgan fingerprint density at radius 3 is 2.33 bits per heavy atom. The summed E-state index contributed by atoms with van der Waals surface area (Å²) < 4.78 is 0.244. The number of nitrogens with one attached hydrogen (secondary N) is 2. The standard InChI is InChI=1S/C28H22ClN7O6S/c1-36(2,3)13-21(37)33-34-23(27(40)32-24-22(29)25(38)17-6-4-5-7-18(17)26(24)39)19(12-30)20-14-43-28(31-20)15-8-10-16(11-9-15)35(41)42/h4-11,14,19H,13H2,1-3H3,(H-,32,33,37,38,40)/p+1/t19-/m1/s1. The van der Waals surface area contributed by atoms with Crippen LogP contribution in [-0.2, 0) is 9.59 Å². The molecule has 0 saturated heterocycles. The molecule has 2 amide bonds. The lowest BCUT2D eigenvalue weighted by atomic mass is 9.92. The number of rotatable bonds is 9. The SMILES string of the molecule is C[N+](C)(C)CC(=O)N/N=C(/C(=O)NC1=C(Cl)C(=O)c2ccccc2C1=O)[C@H](C#N)c1csc(-c2ccc([N+](=O)[O-])cc2)n1. The Kier molecular flexibility index (Phi) is 8.90. The summed E-state index contributed by atoms with van der Waals surface area (Å²) in [6, 6.07) is 13.5. The third kappa shape index (κ3) is 6.87. The molecule has 0 fully saturated rings. The molecule has 0 spiro atoms. The highest BCUT2D eigenvalue weighted by atomic mass is 35.5. The number of likely N-dealkylation sites (N-methyl/N-ethyl adjacent to an activating group) is 1. The van der Waals surface area contributed by atoms with Crippen LogP contribution in [0.15, 0.2) is 69.7 Å². The van der Waals surface area contributed by atoms with Gasteiger partial charge >= 0.3 is 0 Å². The van der Waals surface area contributed by atoms with Gasteiger partial charge < -0.3 is 9.80 Å². The highest BCUT2D eigenvalue weighted by Gasteiger charge is 2.35. The Morgan fingerprint density at radius 2 is 1.74 bits per heavy atom. The van der Waals surface area contributed by atoms with Crippen LogP contribution >= 0.6 is 22.9 Å². The second kappa shape index (κ2) is 12.4. The molecule has 3 aromatic rings. The van der Waals surface area contributed by atoms with Crippen LogP contribution in [0.3, 0.4) is 0 Å². The maximum atomic E-state index is 13.6. The normalized spacial score (nSPS) is 14.1. The molecule has 1 atom stereocenters. The minimum Gasteiger partial charge on any atom is -0.323 e. The molecule has 1 aliphatic rings. The monoisotopic (exact) mass is 620 g/mol. The molecule has 0 aliphatic heterocycles. The van der Waals surface area contributed by atoms with Crippen molar-refractivity contribution in [1.29, 1.82) is 5.26 Å². The van der Waals surface area contributed by atoms with Gasteiger partial charge in [0.1, 0.15) is 27.4 Å². The van der Waals surface area contributed by atoms with Gasteiger partial charge in [0.25, 0.3) is 17.5 Å². The fourth-order valence-corrected chi connectivity index (χ4v) is 5.10. The molecule has 15 heteroatoms. The summed E-state index contributed by atoms with van der Waals surface area (Å²) >= 11 is 7.32. The molecule has 218 valence electrons. The lowest BCUT2D eigenvalue weighted by Crippen LogP contribution is -2.44. The van der Waals surface area contributed by atoms with Crippen molar-refractivity contribution in [2.45, 2.75) is 5.92 Å². The van der Waals surface area contributed by atoms with E-state index in [1.165, 1.54) is 41.8 Å². The van der Waals surface area contributed by atoms with Gasteiger partial charge in [-0.2, -0.15) is 10.4 Å². The van der Waals surface area contributed by atoms with Crippen molar-refractivity contribution in [1.82, 2.24) is 15.7 Å². The van der Waals surface area contributed by atoms with Gasteiger partial charge in [0, 0.05) is 34.2 Å². The first-order valence-electron chi connectivity index (χ1n) is 12.5. The molecular weight excluding hydrogens is 598 g/mol. The summed E-state index contributed by atoms with van der Waals surface area (Å²) in [6.07, 6.45) is 0. The summed E-state index contributed by atoms with van der Waals surface area (Å²) in [5.41, 5.74) is 1.87. The van der Waals surface area contributed by atoms with Crippen LogP contribution in [0, 0.1) is 21.4 Å². The van der Waals surface area contributed by atoms with E-state index in [-0.39, 0.29) is 33.5 Å². The van der Waals surface area contributed by atoms with E-state index < -0.39 is 50.7 Å². The predicted octanol–water partition coefficient (Wildman–Crippen LogP) is 3.15. The molecule has 4 rings (SSSR count). The number of thiazole rings is 1. The van der Waals surface area contributed by atoms with Crippen LogP contribution in [-0.4, -0.2) is 71.2 Å². The van der Waals surface area contributed by atoms with Crippen molar-refractivity contribution in [2.24, 2.45) is 5.10 Å². The molecule has 1 aliphatic carbocycles. The van der Waals surface area contributed by atoms with Crippen molar-refractivity contribution >= 4 is 57.7 Å². The van der Waals surface area contributed by atoms with E-state index in [0.717, 1.165) is 11.3 Å². The maximum absolute atomic E-state index is 13.6. The average Bonchev–Trinajstić information content (AvgIpc) is 3.45. The Labute approximate surface area is 253 Å². The number of hydrazone groups is 1. The molecule has 1 heterocycles. The number of carbonyl (C=O) groups is 4. The summed E-state index contributed by atoms with van der Waals surface area (Å²) in [5, 5.41) is 28.7. The topological polar surface area (TPSA) is 185 Å². The highest BCUT2D eigenvalue weighted by molar-refractivity contribution is 7.13. The number of nitriles is 1. The first kappa shape index (κ1) is 30.8. The zero-order valence-corrected chi connectivity index (χ0v) is 24.5. The van der Waals surface area contributed by atoms with E-state index in [1.807, 2.05) is 6.07 Å². The molecule has 0 unspecified atom stereocenters. The second-order valence-corrected chi connectivity index (χ2v) is 11.5. The smallest absolute Gasteiger partial charge is 0.295 e. The lowest BCUT2D eigenvalue weighted by Gasteiger charge is -2.22. The number of non-ortho nitro benzene ring substituents is 1. The molecule has 0 saturated carbocycles. The third-order valence-corrected chi connectivity index (χ3v) is 7.27. The first-order chi connectivity index (χ1) is 20.3. The van der Waals surface area contributed by atoms with Crippen LogP contribution in [0.1, 0.15) is 32.3 Å².